The minimum atomic E-state index is -0.243. The molecule has 0 aliphatic carbocycles. The quantitative estimate of drug-likeness (QED) is 0.607. The normalized spacial score (nSPS) is 10.8. The predicted molar refractivity (Wildman–Crippen MR) is 90.5 cm³/mol. The van der Waals surface area contributed by atoms with Crippen molar-refractivity contribution < 1.29 is 13.5 Å². The van der Waals surface area contributed by atoms with E-state index in [1.165, 1.54) is 23.9 Å². The minimum absolute atomic E-state index is 0.231. The maximum Gasteiger partial charge on any atom is 0.277 e. The summed E-state index contributed by atoms with van der Waals surface area (Å²) in [6, 6.07) is 12.4. The van der Waals surface area contributed by atoms with Crippen LogP contribution >= 0.6 is 11.8 Å². The third-order valence-corrected chi connectivity index (χ3v) is 4.31. The molecular weight excluding hydrogens is 327 g/mol. The van der Waals surface area contributed by atoms with E-state index in [4.69, 9.17) is 9.15 Å². The first kappa shape index (κ1) is 16.5. The maximum absolute atomic E-state index is 12.9. The number of benzene rings is 2. The first-order chi connectivity index (χ1) is 11.6. The summed E-state index contributed by atoms with van der Waals surface area (Å²) >= 11 is 1.41. The van der Waals surface area contributed by atoms with Crippen LogP contribution in [0.1, 0.15) is 22.6 Å². The van der Waals surface area contributed by atoms with Gasteiger partial charge < -0.3 is 9.15 Å². The SMILES string of the molecule is Cc1ccc(C)c(OCc2nnc(SCc3ccc(F)cc3)o2)c1. The Labute approximate surface area is 144 Å². The van der Waals surface area contributed by atoms with E-state index in [9.17, 15) is 4.39 Å². The molecule has 0 unspecified atom stereocenters. The smallest absolute Gasteiger partial charge is 0.277 e. The Morgan fingerprint density at radius 2 is 1.88 bits per heavy atom. The molecule has 1 heterocycles. The molecule has 0 amide bonds. The molecule has 0 bridgehead atoms. The zero-order valence-electron chi connectivity index (χ0n) is 13.5. The predicted octanol–water partition coefficient (Wildman–Crippen LogP) is 4.70. The van der Waals surface area contributed by atoms with E-state index in [1.54, 1.807) is 12.1 Å². The van der Waals surface area contributed by atoms with Crippen LogP contribution in [-0.2, 0) is 12.4 Å². The van der Waals surface area contributed by atoms with Crippen LogP contribution in [0, 0.1) is 19.7 Å². The first-order valence-corrected chi connectivity index (χ1v) is 8.48. The summed E-state index contributed by atoms with van der Waals surface area (Å²) < 4.78 is 24.2. The van der Waals surface area contributed by atoms with Crippen LogP contribution in [-0.4, -0.2) is 10.2 Å². The molecule has 0 N–H and O–H groups in total. The lowest BCUT2D eigenvalue weighted by Gasteiger charge is -2.07. The molecule has 4 nitrogen and oxygen atoms in total. The van der Waals surface area contributed by atoms with Crippen molar-refractivity contribution in [1.29, 1.82) is 0 Å². The molecule has 1 aromatic heterocycles. The van der Waals surface area contributed by atoms with Crippen LogP contribution < -0.4 is 4.74 Å². The molecular formula is C18H17FN2O2S. The van der Waals surface area contributed by atoms with E-state index in [0.717, 1.165) is 22.4 Å². The Morgan fingerprint density at radius 1 is 1.08 bits per heavy atom. The fraction of sp³-hybridized carbons (Fsp3) is 0.222. The second kappa shape index (κ2) is 7.49. The molecule has 124 valence electrons. The molecule has 0 saturated carbocycles. The monoisotopic (exact) mass is 344 g/mol. The fourth-order valence-electron chi connectivity index (χ4n) is 2.08. The number of halogens is 1. The highest BCUT2D eigenvalue weighted by Gasteiger charge is 2.09. The van der Waals surface area contributed by atoms with Crippen LogP contribution in [0.25, 0.3) is 0 Å². The van der Waals surface area contributed by atoms with Crippen LogP contribution in [0.3, 0.4) is 0 Å². The van der Waals surface area contributed by atoms with Gasteiger partial charge in [-0.3, -0.25) is 0 Å². The molecule has 3 aromatic rings. The third-order valence-electron chi connectivity index (χ3n) is 3.42. The summed E-state index contributed by atoms with van der Waals surface area (Å²) in [6.07, 6.45) is 0. The van der Waals surface area contributed by atoms with E-state index in [1.807, 2.05) is 32.0 Å². The molecule has 0 atom stereocenters. The van der Waals surface area contributed by atoms with Crippen molar-refractivity contribution in [3.8, 4) is 5.75 Å². The molecule has 2 aromatic carbocycles. The molecule has 0 aliphatic heterocycles. The fourth-order valence-corrected chi connectivity index (χ4v) is 2.82. The lowest BCUT2D eigenvalue weighted by molar-refractivity contribution is 0.250. The third kappa shape index (κ3) is 4.35. The second-order valence-electron chi connectivity index (χ2n) is 5.43. The summed E-state index contributed by atoms with van der Waals surface area (Å²) in [5.74, 6) is 1.64. The number of rotatable bonds is 6. The largest absolute Gasteiger partial charge is 0.484 e. The van der Waals surface area contributed by atoms with Gasteiger partial charge >= 0.3 is 0 Å². The molecule has 0 saturated heterocycles. The van der Waals surface area contributed by atoms with Gasteiger partial charge in [0, 0.05) is 5.75 Å². The molecule has 0 spiro atoms. The zero-order chi connectivity index (χ0) is 16.9. The Morgan fingerprint density at radius 3 is 2.67 bits per heavy atom. The van der Waals surface area contributed by atoms with E-state index >= 15 is 0 Å². The maximum atomic E-state index is 12.9. The Bertz CT molecular complexity index is 818. The second-order valence-corrected chi connectivity index (χ2v) is 6.36. The summed E-state index contributed by atoms with van der Waals surface area (Å²) in [6.45, 7) is 4.24. The van der Waals surface area contributed by atoms with Crippen molar-refractivity contribution in [2.24, 2.45) is 0 Å². The van der Waals surface area contributed by atoms with Crippen LogP contribution in [0.2, 0.25) is 0 Å². The number of aromatic nitrogens is 2. The van der Waals surface area contributed by atoms with Crippen LogP contribution in [0.4, 0.5) is 4.39 Å². The highest BCUT2D eigenvalue weighted by Crippen LogP contribution is 2.23. The van der Waals surface area contributed by atoms with Crippen molar-refractivity contribution in [2.45, 2.75) is 31.4 Å². The highest BCUT2D eigenvalue weighted by molar-refractivity contribution is 7.98. The number of nitrogens with zero attached hydrogens (tertiary/aromatic N) is 2. The van der Waals surface area contributed by atoms with Gasteiger partial charge in [0.1, 0.15) is 11.6 Å². The van der Waals surface area contributed by atoms with Crippen LogP contribution in [0.5, 0.6) is 5.75 Å². The van der Waals surface area contributed by atoms with Gasteiger partial charge in [-0.05, 0) is 48.7 Å². The van der Waals surface area contributed by atoms with Crippen molar-refractivity contribution in [2.75, 3.05) is 0 Å². The Balaban J connectivity index is 1.55. The van der Waals surface area contributed by atoms with Gasteiger partial charge in [-0.25, -0.2) is 4.39 Å². The summed E-state index contributed by atoms with van der Waals surface area (Å²) in [5.41, 5.74) is 3.19. The molecule has 0 fully saturated rings. The van der Waals surface area contributed by atoms with Crippen molar-refractivity contribution in [3.05, 3.63) is 70.9 Å². The van der Waals surface area contributed by atoms with E-state index in [0.29, 0.717) is 16.9 Å². The van der Waals surface area contributed by atoms with Crippen molar-refractivity contribution >= 4 is 11.8 Å². The summed E-state index contributed by atoms with van der Waals surface area (Å²) in [7, 11) is 0. The standard InChI is InChI=1S/C18H17FN2O2S/c1-12-3-4-13(2)16(9-12)22-10-17-20-21-18(23-17)24-11-14-5-7-15(19)8-6-14/h3-9H,10-11H2,1-2H3. The average Bonchev–Trinajstić information content (AvgIpc) is 3.03. The molecule has 24 heavy (non-hydrogen) atoms. The lowest BCUT2D eigenvalue weighted by atomic mass is 10.1. The number of ether oxygens (including phenoxy) is 1. The molecule has 6 heteroatoms. The zero-order valence-corrected chi connectivity index (χ0v) is 14.3. The minimum Gasteiger partial charge on any atom is -0.484 e. The molecule has 0 aliphatic rings. The first-order valence-electron chi connectivity index (χ1n) is 7.50. The molecule has 0 radical (unpaired) electrons. The van der Waals surface area contributed by atoms with Gasteiger partial charge in [0.2, 0.25) is 0 Å². The van der Waals surface area contributed by atoms with Crippen molar-refractivity contribution in [3.63, 3.8) is 0 Å². The van der Waals surface area contributed by atoms with Gasteiger partial charge in [-0.2, -0.15) is 0 Å². The van der Waals surface area contributed by atoms with Gasteiger partial charge in [0.25, 0.3) is 11.1 Å². The summed E-state index contributed by atoms with van der Waals surface area (Å²) in [5, 5.41) is 8.45. The van der Waals surface area contributed by atoms with Crippen LogP contribution in [0.15, 0.2) is 52.1 Å². The number of thioether (sulfide) groups is 1. The average molecular weight is 344 g/mol. The lowest BCUT2D eigenvalue weighted by Crippen LogP contribution is -1.97. The Hall–Kier alpha value is -2.34. The van der Waals surface area contributed by atoms with Crippen molar-refractivity contribution in [1.82, 2.24) is 10.2 Å². The number of aryl methyl sites for hydroxylation is 2. The van der Waals surface area contributed by atoms with E-state index in [2.05, 4.69) is 10.2 Å². The number of hydrogen-bond acceptors (Lipinski definition) is 5. The highest BCUT2D eigenvalue weighted by atomic mass is 32.2. The summed E-state index contributed by atoms with van der Waals surface area (Å²) in [4.78, 5) is 0. The van der Waals surface area contributed by atoms with E-state index < -0.39 is 0 Å². The van der Waals surface area contributed by atoms with Gasteiger partial charge in [0.15, 0.2) is 6.61 Å². The van der Waals surface area contributed by atoms with Gasteiger partial charge in [0.05, 0.1) is 0 Å². The van der Waals surface area contributed by atoms with Gasteiger partial charge in [-0.15, -0.1) is 10.2 Å². The number of hydrogen-bond donors (Lipinski definition) is 0. The van der Waals surface area contributed by atoms with Gasteiger partial charge in [-0.1, -0.05) is 36.0 Å². The van der Waals surface area contributed by atoms with E-state index in [-0.39, 0.29) is 12.4 Å². The Kier molecular flexibility index (Phi) is 5.15. The molecule has 3 rings (SSSR count). The topological polar surface area (TPSA) is 48.2 Å².